The van der Waals surface area contributed by atoms with Gasteiger partial charge in [-0.1, -0.05) is 60.7 Å². The normalized spacial score (nSPS) is 15.1. The molecule has 21 heavy (non-hydrogen) atoms. The van der Waals surface area contributed by atoms with E-state index in [-0.39, 0.29) is 5.97 Å². The van der Waals surface area contributed by atoms with Gasteiger partial charge in [0.25, 0.3) is 0 Å². The van der Waals surface area contributed by atoms with Crippen LogP contribution in [0.3, 0.4) is 0 Å². The van der Waals surface area contributed by atoms with Crippen molar-refractivity contribution in [3.8, 4) is 0 Å². The van der Waals surface area contributed by atoms with E-state index in [0.717, 1.165) is 29.7 Å². The van der Waals surface area contributed by atoms with Crippen LogP contribution >= 0.6 is 0 Å². The zero-order valence-electron chi connectivity index (χ0n) is 12.0. The minimum Gasteiger partial charge on any atom is -0.467 e. The largest absolute Gasteiger partial charge is 0.467 e. The molecule has 106 valence electrons. The summed E-state index contributed by atoms with van der Waals surface area (Å²) in [6, 6.07) is 19.9. The average Bonchev–Trinajstić information content (AvgIpc) is 3.34. The fourth-order valence-electron chi connectivity index (χ4n) is 2.37. The summed E-state index contributed by atoms with van der Waals surface area (Å²) in [6.07, 6.45) is 1.51. The van der Waals surface area contributed by atoms with Gasteiger partial charge >= 0.3 is 5.97 Å². The summed E-state index contributed by atoms with van der Waals surface area (Å²) in [5.74, 6) is -0.244. The monoisotopic (exact) mass is 279 g/mol. The molecule has 0 aromatic heterocycles. The molecule has 0 heterocycles. The van der Waals surface area contributed by atoms with Crippen LogP contribution in [0.15, 0.2) is 65.7 Å². The van der Waals surface area contributed by atoms with Gasteiger partial charge < -0.3 is 4.74 Å². The van der Waals surface area contributed by atoms with Gasteiger partial charge in [-0.15, -0.1) is 0 Å². The molecule has 2 aromatic rings. The molecule has 0 unspecified atom stereocenters. The van der Waals surface area contributed by atoms with E-state index >= 15 is 0 Å². The number of hydrogen-bond donors (Lipinski definition) is 0. The zero-order valence-corrected chi connectivity index (χ0v) is 12.0. The lowest BCUT2D eigenvalue weighted by Gasteiger charge is -2.13. The van der Waals surface area contributed by atoms with E-state index in [9.17, 15) is 4.79 Å². The van der Waals surface area contributed by atoms with Crippen LogP contribution in [-0.4, -0.2) is 24.3 Å². The third kappa shape index (κ3) is 2.72. The number of benzene rings is 2. The average molecular weight is 279 g/mol. The molecule has 0 radical (unpaired) electrons. The number of esters is 1. The number of nitrogens with zero attached hydrogens (tertiary/aromatic N) is 1. The second kappa shape index (κ2) is 5.52. The van der Waals surface area contributed by atoms with E-state index in [4.69, 9.17) is 9.73 Å². The predicted molar refractivity (Wildman–Crippen MR) is 82.5 cm³/mol. The van der Waals surface area contributed by atoms with Crippen molar-refractivity contribution in [3.63, 3.8) is 0 Å². The lowest BCUT2D eigenvalue weighted by atomic mass is 10.0. The van der Waals surface area contributed by atoms with Crippen LogP contribution in [-0.2, 0) is 9.53 Å². The number of rotatable bonds is 4. The van der Waals surface area contributed by atoms with Crippen LogP contribution in [0.2, 0.25) is 0 Å². The highest BCUT2D eigenvalue weighted by Crippen LogP contribution is 2.41. The van der Waals surface area contributed by atoms with Crippen LogP contribution in [0.1, 0.15) is 24.0 Å². The van der Waals surface area contributed by atoms with Gasteiger partial charge in [-0.2, -0.15) is 0 Å². The van der Waals surface area contributed by atoms with Crippen LogP contribution in [0.4, 0.5) is 0 Å². The lowest BCUT2D eigenvalue weighted by Crippen LogP contribution is -2.24. The van der Waals surface area contributed by atoms with Gasteiger partial charge in [-0.3, -0.25) is 4.99 Å². The van der Waals surface area contributed by atoms with Crippen LogP contribution in [0.5, 0.6) is 0 Å². The minimum atomic E-state index is -0.685. The molecular weight excluding hydrogens is 262 g/mol. The molecule has 1 aliphatic carbocycles. The summed E-state index contributed by atoms with van der Waals surface area (Å²) in [7, 11) is 1.42. The highest BCUT2D eigenvalue weighted by molar-refractivity contribution is 6.14. The first-order valence-corrected chi connectivity index (χ1v) is 7.04. The molecule has 1 saturated carbocycles. The minimum absolute atomic E-state index is 0.244. The van der Waals surface area contributed by atoms with Crippen molar-refractivity contribution < 1.29 is 9.53 Å². The van der Waals surface area contributed by atoms with E-state index in [1.54, 1.807) is 0 Å². The first-order valence-electron chi connectivity index (χ1n) is 7.04. The van der Waals surface area contributed by atoms with Crippen molar-refractivity contribution in [3.05, 3.63) is 71.8 Å². The molecule has 0 aliphatic heterocycles. The van der Waals surface area contributed by atoms with Crippen molar-refractivity contribution >= 4 is 11.7 Å². The topological polar surface area (TPSA) is 38.7 Å². The Balaban J connectivity index is 2.08. The van der Waals surface area contributed by atoms with Gasteiger partial charge in [0, 0.05) is 11.1 Å². The van der Waals surface area contributed by atoms with Gasteiger partial charge in [0.2, 0.25) is 0 Å². The summed E-state index contributed by atoms with van der Waals surface area (Å²) in [6.45, 7) is 0. The number of methoxy groups -OCH3 is 1. The third-order valence-corrected chi connectivity index (χ3v) is 3.71. The van der Waals surface area contributed by atoms with Crippen molar-refractivity contribution in [1.82, 2.24) is 0 Å². The van der Waals surface area contributed by atoms with Gasteiger partial charge in [0.05, 0.1) is 12.8 Å². The Morgan fingerprint density at radius 1 is 0.952 bits per heavy atom. The van der Waals surface area contributed by atoms with Gasteiger partial charge in [0.15, 0.2) is 5.54 Å². The van der Waals surface area contributed by atoms with Crippen LogP contribution in [0, 0.1) is 0 Å². The lowest BCUT2D eigenvalue weighted by molar-refractivity contribution is -0.143. The van der Waals surface area contributed by atoms with Crippen molar-refractivity contribution in [1.29, 1.82) is 0 Å². The van der Waals surface area contributed by atoms with E-state index in [0.29, 0.717) is 0 Å². The van der Waals surface area contributed by atoms with Gasteiger partial charge in [-0.05, 0) is 12.8 Å². The molecule has 1 fully saturated rings. The van der Waals surface area contributed by atoms with Gasteiger partial charge in [0.1, 0.15) is 0 Å². The molecule has 1 aliphatic rings. The van der Waals surface area contributed by atoms with Crippen molar-refractivity contribution in [2.75, 3.05) is 7.11 Å². The number of hydrogen-bond acceptors (Lipinski definition) is 3. The summed E-state index contributed by atoms with van der Waals surface area (Å²) < 4.78 is 4.90. The van der Waals surface area contributed by atoms with E-state index < -0.39 is 5.54 Å². The first kappa shape index (κ1) is 13.6. The Labute approximate surface area is 124 Å². The third-order valence-electron chi connectivity index (χ3n) is 3.71. The summed E-state index contributed by atoms with van der Waals surface area (Å²) in [4.78, 5) is 16.7. The maximum Gasteiger partial charge on any atom is 0.333 e. The fourth-order valence-corrected chi connectivity index (χ4v) is 2.37. The first-order chi connectivity index (χ1) is 10.2. The standard InChI is InChI=1S/C18H17NO2/c1-21-17(20)18(12-13-18)19-16(14-8-4-2-5-9-14)15-10-6-3-7-11-15/h2-11H,12-13H2,1H3. The van der Waals surface area contributed by atoms with Crippen LogP contribution in [0.25, 0.3) is 0 Å². The molecule has 0 N–H and O–H groups in total. The molecule has 0 amide bonds. The fraction of sp³-hybridized carbons (Fsp3) is 0.222. The second-order valence-electron chi connectivity index (χ2n) is 5.22. The Hall–Kier alpha value is -2.42. The van der Waals surface area contributed by atoms with Gasteiger partial charge in [-0.25, -0.2) is 4.79 Å². The highest BCUT2D eigenvalue weighted by Gasteiger charge is 2.51. The molecule has 2 aromatic carbocycles. The Kier molecular flexibility index (Phi) is 3.57. The van der Waals surface area contributed by atoms with E-state index in [1.165, 1.54) is 7.11 Å². The summed E-state index contributed by atoms with van der Waals surface area (Å²) in [5, 5.41) is 0. The maximum atomic E-state index is 12.0. The van der Waals surface area contributed by atoms with Crippen molar-refractivity contribution in [2.24, 2.45) is 4.99 Å². The second-order valence-corrected chi connectivity index (χ2v) is 5.22. The Bertz CT molecular complexity index is 617. The molecule has 0 bridgehead atoms. The molecule has 0 spiro atoms. The molecule has 0 saturated heterocycles. The molecule has 0 atom stereocenters. The van der Waals surface area contributed by atoms with E-state index in [1.807, 2.05) is 60.7 Å². The molecule has 3 heteroatoms. The SMILES string of the molecule is COC(=O)C1(N=C(c2ccccc2)c2ccccc2)CC1. The predicted octanol–water partition coefficient (Wildman–Crippen LogP) is 3.23. The summed E-state index contributed by atoms with van der Waals surface area (Å²) in [5.41, 5.74) is 2.19. The maximum absolute atomic E-state index is 12.0. The Morgan fingerprint density at radius 2 is 1.43 bits per heavy atom. The molecule has 3 nitrogen and oxygen atoms in total. The number of aliphatic imine (C=N–C) groups is 1. The smallest absolute Gasteiger partial charge is 0.333 e. The highest BCUT2D eigenvalue weighted by atomic mass is 16.5. The molecule has 3 rings (SSSR count). The van der Waals surface area contributed by atoms with E-state index in [2.05, 4.69) is 0 Å². The van der Waals surface area contributed by atoms with Crippen LogP contribution < -0.4 is 0 Å². The van der Waals surface area contributed by atoms with Crippen molar-refractivity contribution in [2.45, 2.75) is 18.4 Å². The zero-order chi connectivity index (χ0) is 14.7. The number of carbonyl (C=O) groups excluding carboxylic acids is 1. The number of ether oxygens (including phenoxy) is 1. The quantitative estimate of drug-likeness (QED) is 0.636. The summed E-state index contributed by atoms with van der Waals surface area (Å²) >= 11 is 0. The number of carbonyl (C=O) groups is 1. The molecular formula is C18H17NO2. The Morgan fingerprint density at radius 3 is 1.81 bits per heavy atom.